The number of nitro benzene ring substituents is 1. The number of ether oxygens (including phenoxy) is 1. The SMILES string of the molecule is CCn1c(=NC(=O)c2ccc([N+](=O)[O-])o2)sc2cc([N+](=O)[O-])cc(OC)c21. The van der Waals surface area contributed by atoms with Crippen LogP contribution < -0.4 is 9.54 Å². The lowest BCUT2D eigenvalue weighted by Gasteiger charge is -2.06. The first-order valence-electron chi connectivity index (χ1n) is 7.54. The molecule has 0 saturated heterocycles. The fraction of sp³-hybridized carbons (Fsp3) is 0.200. The van der Waals surface area contributed by atoms with Crippen LogP contribution in [-0.4, -0.2) is 27.4 Å². The van der Waals surface area contributed by atoms with Gasteiger partial charge in [0, 0.05) is 12.6 Å². The zero-order valence-electron chi connectivity index (χ0n) is 14.1. The van der Waals surface area contributed by atoms with Crippen molar-refractivity contribution in [3.8, 4) is 5.75 Å². The number of rotatable bonds is 5. The average Bonchev–Trinajstić information content (AvgIpc) is 3.25. The largest absolute Gasteiger partial charge is 0.494 e. The maximum atomic E-state index is 12.3. The molecule has 27 heavy (non-hydrogen) atoms. The first kappa shape index (κ1) is 18.3. The van der Waals surface area contributed by atoms with E-state index in [2.05, 4.69) is 4.99 Å². The molecule has 140 valence electrons. The molecule has 0 atom stereocenters. The number of non-ortho nitro benzene ring substituents is 1. The lowest BCUT2D eigenvalue weighted by atomic mass is 10.2. The summed E-state index contributed by atoms with van der Waals surface area (Å²) in [4.78, 5) is 37.0. The van der Waals surface area contributed by atoms with Gasteiger partial charge in [-0.15, -0.1) is 0 Å². The van der Waals surface area contributed by atoms with Crippen molar-refractivity contribution in [3.05, 3.63) is 55.1 Å². The van der Waals surface area contributed by atoms with Crippen LogP contribution in [-0.2, 0) is 6.54 Å². The van der Waals surface area contributed by atoms with Gasteiger partial charge in [0.2, 0.25) is 5.76 Å². The summed E-state index contributed by atoms with van der Waals surface area (Å²) in [5.41, 5.74) is 0.413. The molecule has 0 bridgehead atoms. The molecule has 0 spiro atoms. The van der Waals surface area contributed by atoms with Gasteiger partial charge in [-0.25, -0.2) is 0 Å². The second-order valence-corrected chi connectivity index (χ2v) is 6.20. The Morgan fingerprint density at radius 2 is 2.04 bits per heavy atom. The van der Waals surface area contributed by atoms with Gasteiger partial charge >= 0.3 is 11.8 Å². The Labute approximate surface area is 154 Å². The molecule has 0 saturated carbocycles. The minimum Gasteiger partial charge on any atom is -0.494 e. The summed E-state index contributed by atoms with van der Waals surface area (Å²) in [5, 5.41) is 21.8. The van der Waals surface area contributed by atoms with Gasteiger partial charge in [0.25, 0.3) is 5.69 Å². The third-order valence-electron chi connectivity index (χ3n) is 3.65. The summed E-state index contributed by atoms with van der Waals surface area (Å²) in [6.07, 6.45) is 0. The van der Waals surface area contributed by atoms with Gasteiger partial charge in [0.05, 0.1) is 28.9 Å². The van der Waals surface area contributed by atoms with Crippen molar-refractivity contribution in [1.82, 2.24) is 4.57 Å². The fourth-order valence-electron chi connectivity index (χ4n) is 2.48. The highest BCUT2D eigenvalue weighted by Crippen LogP contribution is 2.32. The van der Waals surface area contributed by atoms with Crippen LogP contribution in [0.5, 0.6) is 5.75 Å². The highest BCUT2D eigenvalue weighted by atomic mass is 32.1. The first-order valence-corrected chi connectivity index (χ1v) is 8.36. The number of nitro groups is 2. The number of fused-ring (bicyclic) bond motifs is 1. The number of hydrogen-bond acceptors (Lipinski definition) is 8. The van der Waals surface area contributed by atoms with E-state index in [1.54, 1.807) is 4.57 Å². The van der Waals surface area contributed by atoms with Crippen LogP contribution >= 0.6 is 11.3 Å². The van der Waals surface area contributed by atoms with Gasteiger partial charge < -0.3 is 13.7 Å². The lowest BCUT2D eigenvalue weighted by Crippen LogP contribution is -2.16. The van der Waals surface area contributed by atoms with Crippen LogP contribution in [0.3, 0.4) is 0 Å². The Hall–Kier alpha value is -3.54. The zero-order valence-corrected chi connectivity index (χ0v) is 14.9. The topological polar surface area (TPSA) is 143 Å². The third-order valence-corrected chi connectivity index (χ3v) is 4.68. The number of aryl methyl sites for hydroxylation is 1. The number of amides is 1. The van der Waals surface area contributed by atoms with Crippen LogP contribution in [0.15, 0.2) is 33.7 Å². The molecular formula is C15H12N4O7S. The van der Waals surface area contributed by atoms with Crippen LogP contribution in [0.4, 0.5) is 11.6 Å². The van der Waals surface area contributed by atoms with Crippen molar-refractivity contribution in [2.75, 3.05) is 7.11 Å². The van der Waals surface area contributed by atoms with E-state index in [9.17, 15) is 25.0 Å². The van der Waals surface area contributed by atoms with Crippen LogP contribution in [0.2, 0.25) is 0 Å². The highest BCUT2D eigenvalue weighted by molar-refractivity contribution is 7.16. The predicted octanol–water partition coefficient (Wildman–Crippen LogP) is 2.88. The summed E-state index contributed by atoms with van der Waals surface area (Å²) < 4.78 is 12.3. The van der Waals surface area contributed by atoms with Crippen molar-refractivity contribution in [3.63, 3.8) is 0 Å². The molecule has 1 amide bonds. The lowest BCUT2D eigenvalue weighted by molar-refractivity contribution is -0.402. The number of hydrogen-bond donors (Lipinski definition) is 0. The molecule has 1 aromatic carbocycles. The third kappa shape index (κ3) is 3.29. The van der Waals surface area contributed by atoms with Crippen LogP contribution in [0.1, 0.15) is 17.5 Å². The maximum absolute atomic E-state index is 12.3. The summed E-state index contributed by atoms with van der Waals surface area (Å²) in [5.74, 6) is -1.37. The molecule has 11 nitrogen and oxygen atoms in total. The van der Waals surface area contributed by atoms with E-state index in [4.69, 9.17) is 9.15 Å². The quantitative estimate of drug-likeness (QED) is 0.479. The summed E-state index contributed by atoms with van der Waals surface area (Å²) in [6.45, 7) is 2.23. The van der Waals surface area contributed by atoms with Gasteiger partial charge in [-0.05, 0) is 13.0 Å². The number of thiazole rings is 1. The minimum atomic E-state index is -0.801. The number of methoxy groups -OCH3 is 1. The molecule has 0 radical (unpaired) electrons. The number of aromatic nitrogens is 1. The standard InChI is InChI=1S/C15H12N4O7S/c1-3-17-13-10(25-2)6-8(18(21)22)7-11(13)27-15(17)16-14(20)9-4-5-12(26-9)19(23)24/h4-7H,3H2,1-2H3. The Balaban J connectivity index is 2.18. The van der Waals surface area contributed by atoms with Gasteiger partial charge in [-0.1, -0.05) is 11.3 Å². The Morgan fingerprint density at radius 1 is 1.30 bits per heavy atom. The summed E-state index contributed by atoms with van der Waals surface area (Å²) >= 11 is 1.06. The predicted molar refractivity (Wildman–Crippen MR) is 94.0 cm³/mol. The molecular weight excluding hydrogens is 380 g/mol. The number of carbonyl (C=O) groups is 1. The van der Waals surface area contributed by atoms with E-state index in [0.29, 0.717) is 16.8 Å². The normalized spacial score (nSPS) is 11.7. The molecule has 3 rings (SSSR count). The molecule has 0 fully saturated rings. The maximum Gasteiger partial charge on any atom is 0.433 e. The molecule has 2 aromatic heterocycles. The van der Waals surface area contributed by atoms with Gasteiger partial charge in [-0.2, -0.15) is 4.99 Å². The molecule has 0 aliphatic carbocycles. The fourth-order valence-corrected chi connectivity index (χ4v) is 3.62. The minimum absolute atomic E-state index is 0.150. The van der Waals surface area contributed by atoms with Gasteiger partial charge in [0.15, 0.2) is 10.6 Å². The first-order chi connectivity index (χ1) is 12.8. The Morgan fingerprint density at radius 3 is 2.59 bits per heavy atom. The van der Waals surface area contributed by atoms with Crippen molar-refractivity contribution >= 4 is 39.0 Å². The second kappa shape index (κ2) is 6.99. The van der Waals surface area contributed by atoms with E-state index < -0.39 is 21.6 Å². The molecule has 0 aliphatic heterocycles. The van der Waals surface area contributed by atoms with Crippen LogP contribution in [0, 0.1) is 20.2 Å². The van der Waals surface area contributed by atoms with Gasteiger partial charge in [0.1, 0.15) is 10.4 Å². The molecule has 0 aliphatic rings. The van der Waals surface area contributed by atoms with E-state index in [0.717, 1.165) is 17.4 Å². The van der Waals surface area contributed by atoms with E-state index in [1.807, 2.05) is 6.92 Å². The van der Waals surface area contributed by atoms with E-state index in [-0.39, 0.29) is 22.0 Å². The number of benzene rings is 1. The number of carbonyl (C=O) groups excluding carboxylic acids is 1. The second-order valence-electron chi connectivity index (χ2n) is 5.19. The monoisotopic (exact) mass is 392 g/mol. The molecule has 0 unspecified atom stereocenters. The smallest absolute Gasteiger partial charge is 0.433 e. The molecule has 12 heteroatoms. The number of nitrogens with zero attached hydrogens (tertiary/aromatic N) is 4. The van der Waals surface area contributed by atoms with Crippen molar-refractivity contribution in [2.45, 2.75) is 13.5 Å². The van der Waals surface area contributed by atoms with E-state index >= 15 is 0 Å². The summed E-state index contributed by atoms with van der Waals surface area (Å²) in [6, 6.07) is 4.89. The summed E-state index contributed by atoms with van der Waals surface area (Å²) in [7, 11) is 1.39. The molecule has 2 heterocycles. The zero-order chi connectivity index (χ0) is 19.7. The van der Waals surface area contributed by atoms with E-state index in [1.165, 1.54) is 25.3 Å². The van der Waals surface area contributed by atoms with Crippen molar-refractivity contribution in [2.24, 2.45) is 4.99 Å². The highest BCUT2D eigenvalue weighted by Gasteiger charge is 2.20. The van der Waals surface area contributed by atoms with Crippen molar-refractivity contribution < 1.29 is 23.8 Å². The number of furan rings is 1. The molecule has 3 aromatic rings. The Bertz CT molecular complexity index is 1140. The average molecular weight is 392 g/mol. The van der Waals surface area contributed by atoms with Crippen LogP contribution in [0.25, 0.3) is 10.2 Å². The van der Waals surface area contributed by atoms with Crippen molar-refractivity contribution in [1.29, 1.82) is 0 Å². The Kier molecular flexibility index (Phi) is 4.73. The molecule has 0 N–H and O–H groups in total. The van der Waals surface area contributed by atoms with Gasteiger partial charge in [-0.3, -0.25) is 25.0 Å².